The Balaban J connectivity index is 1.39. The molecule has 0 aliphatic heterocycles. The Morgan fingerprint density at radius 3 is 2.47 bits per heavy atom. The van der Waals surface area contributed by atoms with Gasteiger partial charge in [-0.1, -0.05) is 35.9 Å². The molecule has 0 radical (unpaired) electrons. The first kappa shape index (κ1) is 23.6. The third-order valence-electron chi connectivity index (χ3n) is 5.98. The number of imidazole rings is 1. The first-order chi connectivity index (χ1) is 16.4. The van der Waals surface area contributed by atoms with Crippen LogP contribution in [0.25, 0.3) is 11.0 Å². The SMILES string of the molecule is Cc1cc(C)cc(OCCCn2c(CCNC(=O)c3ccc(C)cc3C)nc3ccccc32)c1. The zero-order valence-electron chi connectivity index (χ0n) is 20.5. The van der Waals surface area contributed by atoms with Crippen molar-refractivity contribution < 1.29 is 9.53 Å². The fourth-order valence-electron chi connectivity index (χ4n) is 4.45. The fraction of sp³-hybridized carbons (Fsp3) is 0.310. The molecule has 0 bridgehead atoms. The number of hydrogen-bond donors (Lipinski definition) is 1. The third kappa shape index (κ3) is 5.66. The van der Waals surface area contributed by atoms with Crippen LogP contribution >= 0.6 is 0 Å². The number of carbonyl (C=O) groups is 1. The van der Waals surface area contributed by atoms with Gasteiger partial charge in [0.2, 0.25) is 0 Å². The van der Waals surface area contributed by atoms with E-state index in [0.29, 0.717) is 19.6 Å². The van der Waals surface area contributed by atoms with E-state index in [4.69, 9.17) is 9.72 Å². The van der Waals surface area contributed by atoms with E-state index in [1.165, 1.54) is 11.1 Å². The number of rotatable bonds is 9. The van der Waals surface area contributed by atoms with E-state index < -0.39 is 0 Å². The highest BCUT2D eigenvalue weighted by atomic mass is 16.5. The molecule has 0 fully saturated rings. The van der Waals surface area contributed by atoms with Gasteiger partial charge in [0.05, 0.1) is 17.6 Å². The molecule has 5 heteroatoms. The normalized spacial score (nSPS) is 11.1. The monoisotopic (exact) mass is 455 g/mol. The standard InChI is InChI=1S/C29H33N3O2/c1-20-10-11-25(23(4)17-20)29(33)30-13-12-28-31-26-8-5-6-9-27(26)32(28)14-7-15-34-24-18-21(2)16-22(3)19-24/h5-6,8-11,16-19H,7,12-15H2,1-4H3,(H,30,33). The summed E-state index contributed by atoms with van der Waals surface area (Å²) in [5.74, 6) is 1.86. The van der Waals surface area contributed by atoms with Crippen molar-refractivity contribution in [3.05, 3.63) is 94.3 Å². The Kier molecular flexibility index (Phi) is 7.31. The van der Waals surface area contributed by atoms with Gasteiger partial charge in [0, 0.05) is 25.1 Å². The van der Waals surface area contributed by atoms with Crippen molar-refractivity contribution in [2.75, 3.05) is 13.2 Å². The molecule has 1 heterocycles. The Morgan fingerprint density at radius 2 is 1.71 bits per heavy atom. The number of nitrogens with zero attached hydrogens (tertiary/aromatic N) is 2. The lowest BCUT2D eigenvalue weighted by molar-refractivity contribution is 0.0953. The third-order valence-corrected chi connectivity index (χ3v) is 5.98. The Bertz CT molecular complexity index is 1290. The number of ether oxygens (including phenoxy) is 1. The molecule has 0 atom stereocenters. The zero-order valence-corrected chi connectivity index (χ0v) is 20.5. The van der Waals surface area contributed by atoms with Crippen LogP contribution in [0.4, 0.5) is 0 Å². The van der Waals surface area contributed by atoms with E-state index >= 15 is 0 Å². The van der Waals surface area contributed by atoms with Gasteiger partial charge in [-0.3, -0.25) is 4.79 Å². The van der Waals surface area contributed by atoms with Crippen molar-refractivity contribution in [3.63, 3.8) is 0 Å². The Hall–Kier alpha value is -3.60. The van der Waals surface area contributed by atoms with Crippen molar-refractivity contribution >= 4 is 16.9 Å². The van der Waals surface area contributed by atoms with Gasteiger partial charge in [-0.05, 0) is 81.1 Å². The average Bonchev–Trinajstić information content (AvgIpc) is 3.13. The Labute approximate surface area is 201 Å². The molecule has 176 valence electrons. The summed E-state index contributed by atoms with van der Waals surface area (Å²) < 4.78 is 8.26. The molecule has 3 aromatic carbocycles. The molecule has 0 unspecified atom stereocenters. The molecule has 4 rings (SSSR count). The molecular weight excluding hydrogens is 422 g/mol. The van der Waals surface area contributed by atoms with Crippen molar-refractivity contribution in [2.45, 2.75) is 47.1 Å². The maximum atomic E-state index is 12.7. The molecule has 34 heavy (non-hydrogen) atoms. The summed E-state index contributed by atoms with van der Waals surface area (Å²) in [6.07, 6.45) is 1.54. The summed E-state index contributed by atoms with van der Waals surface area (Å²) in [5.41, 5.74) is 7.39. The van der Waals surface area contributed by atoms with Gasteiger partial charge in [-0.25, -0.2) is 4.98 Å². The largest absolute Gasteiger partial charge is 0.494 e. The fourth-order valence-corrected chi connectivity index (χ4v) is 4.45. The lowest BCUT2D eigenvalue weighted by atomic mass is 10.1. The number of aromatic nitrogens is 2. The maximum Gasteiger partial charge on any atom is 0.251 e. The molecule has 0 spiro atoms. The number of hydrogen-bond acceptors (Lipinski definition) is 3. The van der Waals surface area contributed by atoms with E-state index in [1.807, 2.05) is 50.2 Å². The summed E-state index contributed by atoms with van der Waals surface area (Å²) in [6, 6.07) is 20.4. The van der Waals surface area contributed by atoms with Crippen molar-refractivity contribution in [3.8, 4) is 5.75 Å². The van der Waals surface area contributed by atoms with Gasteiger partial charge < -0.3 is 14.6 Å². The van der Waals surface area contributed by atoms with Crippen LogP contribution in [0.2, 0.25) is 0 Å². The van der Waals surface area contributed by atoms with Crippen LogP contribution in [0.1, 0.15) is 44.9 Å². The number of amides is 1. The van der Waals surface area contributed by atoms with Gasteiger partial charge in [0.15, 0.2) is 0 Å². The highest BCUT2D eigenvalue weighted by Crippen LogP contribution is 2.19. The van der Waals surface area contributed by atoms with Crippen LogP contribution in [-0.2, 0) is 13.0 Å². The Morgan fingerprint density at radius 1 is 0.941 bits per heavy atom. The minimum Gasteiger partial charge on any atom is -0.494 e. The molecule has 0 saturated carbocycles. The molecule has 1 amide bonds. The van der Waals surface area contributed by atoms with Crippen LogP contribution < -0.4 is 10.1 Å². The predicted octanol–water partition coefficient (Wildman–Crippen LogP) is 5.71. The molecule has 0 saturated heterocycles. The highest BCUT2D eigenvalue weighted by molar-refractivity contribution is 5.95. The van der Waals surface area contributed by atoms with Crippen LogP contribution in [0.5, 0.6) is 5.75 Å². The molecular formula is C29H33N3O2. The predicted molar refractivity (Wildman–Crippen MR) is 138 cm³/mol. The van der Waals surface area contributed by atoms with Gasteiger partial charge in [-0.15, -0.1) is 0 Å². The lowest BCUT2D eigenvalue weighted by Gasteiger charge is -2.12. The topological polar surface area (TPSA) is 56.1 Å². The van der Waals surface area contributed by atoms with E-state index in [9.17, 15) is 4.79 Å². The molecule has 4 aromatic rings. The maximum absolute atomic E-state index is 12.7. The van der Waals surface area contributed by atoms with Gasteiger partial charge in [0.1, 0.15) is 11.6 Å². The van der Waals surface area contributed by atoms with Crippen LogP contribution in [0.15, 0.2) is 60.7 Å². The van der Waals surface area contributed by atoms with Crippen molar-refractivity contribution in [1.29, 1.82) is 0 Å². The van der Waals surface area contributed by atoms with Crippen molar-refractivity contribution in [2.24, 2.45) is 0 Å². The number of carbonyl (C=O) groups excluding carboxylic acids is 1. The molecule has 0 aliphatic carbocycles. The first-order valence-electron chi connectivity index (χ1n) is 11.9. The van der Waals surface area contributed by atoms with E-state index in [1.54, 1.807) is 0 Å². The second-order valence-electron chi connectivity index (χ2n) is 9.02. The summed E-state index contributed by atoms with van der Waals surface area (Å²) in [6.45, 7) is 10.2. The second kappa shape index (κ2) is 10.6. The molecule has 0 aliphatic rings. The van der Waals surface area contributed by atoms with E-state index in [0.717, 1.165) is 52.3 Å². The quantitative estimate of drug-likeness (QED) is 0.329. The zero-order chi connectivity index (χ0) is 24.1. The van der Waals surface area contributed by atoms with Gasteiger partial charge in [0.25, 0.3) is 5.91 Å². The van der Waals surface area contributed by atoms with Crippen LogP contribution in [0, 0.1) is 27.7 Å². The smallest absolute Gasteiger partial charge is 0.251 e. The van der Waals surface area contributed by atoms with Gasteiger partial charge in [-0.2, -0.15) is 0 Å². The van der Waals surface area contributed by atoms with E-state index in [-0.39, 0.29) is 5.91 Å². The van der Waals surface area contributed by atoms with E-state index in [2.05, 4.69) is 48.0 Å². The average molecular weight is 456 g/mol. The van der Waals surface area contributed by atoms with Crippen molar-refractivity contribution in [1.82, 2.24) is 14.9 Å². The minimum atomic E-state index is -0.0398. The van der Waals surface area contributed by atoms with Crippen LogP contribution in [0.3, 0.4) is 0 Å². The summed E-state index contributed by atoms with van der Waals surface area (Å²) in [4.78, 5) is 17.5. The number of nitrogens with one attached hydrogen (secondary N) is 1. The summed E-state index contributed by atoms with van der Waals surface area (Å²) in [5, 5.41) is 3.06. The first-order valence-corrected chi connectivity index (χ1v) is 11.9. The van der Waals surface area contributed by atoms with Crippen LogP contribution in [-0.4, -0.2) is 28.6 Å². The second-order valence-corrected chi connectivity index (χ2v) is 9.02. The lowest BCUT2D eigenvalue weighted by Crippen LogP contribution is -2.27. The molecule has 1 N–H and O–H groups in total. The number of aryl methyl sites for hydroxylation is 5. The summed E-state index contributed by atoms with van der Waals surface area (Å²) >= 11 is 0. The molecule has 1 aromatic heterocycles. The number of benzene rings is 3. The minimum absolute atomic E-state index is 0.0398. The number of fused-ring (bicyclic) bond motifs is 1. The number of para-hydroxylation sites is 2. The molecule has 5 nitrogen and oxygen atoms in total. The highest BCUT2D eigenvalue weighted by Gasteiger charge is 2.12. The van der Waals surface area contributed by atoms with Gasteiger partial charge >= 0.3 is 0 Å². The summed E-state index contributed by atoms with van der Waals surface area (Å²) in [7, 11) is 0.